The summed E-state index contributed by atoms with van der Waals surface area (Å²) in [4.78, 5) is 17.4. The van der Waals surface area contributed by atoms with Crippen LogP contribution in [-0.4, -0.2) is 38.7 Å². The number of aliphatic carboxylic acids is 1. The summed E-state index contributed by atoms with van der Waals surface area (Å²) in [6.45, 7) is 6.33. The Kier molecular flexibility index (Phi) is 7.45. The number of halogens is 3. The Balaban J connectivity index is 1.60. The SMILES string of the molecule is CCN(Cc1ccc(-c2noc(-c3ccc(-c4ccccc4C)c(C(F)(F)F)c3)n2)cc1)[C@@H](C)C(=O)O. The first-order valence-corrected chi connectivity index (χ1v) is 11.8. The van der Waals surface area contributed by atoms with Gasteiger partial charge in [0.1, 0.15) is 6.04 Å². The van der Waals surface area contributed by atoms with E-state index in [0.717, 1.165) is 17.2 Å². The molecule has 9 heteroatoms. The normalized spacial score (nSPS) is 12.6. The second kappa shape index (κ2) is 10.6. The zero-order chi connectivity index (χ0) is 26.7. The third-order valence-corrected chi connectivity index (χ3v) is 6.34. The summed E-state index contributed by atoms with van der Waals surface area (Å²) in [6.07, 6.45) is -4.57. The van der Waals surface area contributed by atoms with E-state index in [-0.39, 0.29) is 22.8 Å². The summed E-state index contributed by atoms with van der Waals surface area (Å²) in [6, 6.07) is 17.5. The summed E-state index contributed by atoms with van der Waals surface area (Å²) in [5.74, 6) is -0.670. The van der Waals surface area contributed by atoms with Gasteiger partial charge in [0.2, 0.25) is 5.82 Å². The van der Waals surface area contributed by atoms with Gasteiger partial charge in [0, 0.05) is 17.7 Å². The molecule has 4 rings (SSSR count). The molecule has 0 aliphatic heterocycles. The number of rotatable bonds is 8. The number of carboxylic acids is 1. The van der Waals surface area contributed by atoms with Crippen LogP contribution in [0.25, 0.3) is 34.0 Å². The van der Waals surface area contributed by atoms with Gasteiger partial charge in [0.25, 0.3) is 5.89 Å². The molecule has 192 valence electrons. The molecule has 0 unspecified atom stereocenters. The molecule has 0 spiro atoms. The zero-order valence-corrected chi connectivity index (χ0v) is 20.6. The monoisotopic (exact) mass is 509 g/mol. The molecule has 4 aromatic rings. The quantitative estimate of drug-likeness (QED) is 0.285. The number of hydrogen-bond donors (Lipinski definition) is 1. The van der Waals surface area contributed by atoms with Crippen LogP contribution in [0.1, 0.15) is 30.5 Å². The van der Waals surface area contributed by atoms with Crippen molar-refractivity contribution in [3.8, 4) is 34.0 Å². The second-order valence-electron chi connectivity index (χ2n) is 8.77. The number of aromatic nitrogens is 2. The van der Waals surface area contributed by atoms with Crippen molar-refractivity contribution in [1.82, 2.24) is 15.0 Å². The van der Waals surface area contributed by atoms with Gasteiger partial charge in [-0.05, 0) is 54.8 Å². The van der Waals surface area contributed by atoms with Gasteiger partial charge in [0.05, 0.1) is 5.56 Å². The maximum atomic E-state index is 14.0. The van der Waals surface area contributed by atoms with E-state index in [1.54, 1.807) is 56.3 Å². The Morgan fingerprint density at radius 1 is 1.03 bits per heavy atom. The second-order valence-corrected chi connectivity index (χ2v) is 8.77. The summed E-state index contributed by atoms with van der Waals surface area (Å²) in [5, 5.41) is 13.2. The summed E-state index contributed by atoms with van der Waals surface area (Å²) in [7, 11) is 0. The largest absolute Gasteiger partial charge is 0.480 e. The highest BCUT2D eigenvalue weighted by Crippen LogP contribution is 2.40. The highest BCUT2D eigenvalue weighted by atomic mass is 19.4. The van der Waals surface area contributed by atoms with Crippen molar-refractivity contribution < 1.29 is 27.6 Å². The molecule has 0 saturated carbocycles. The van der Waals surface area contributed by atoms with Gasteiger partial charge in [0.15, 0.2) is 0 Å². The first-order chi connectivity index (χ1) is 17.6. The molecule has 6 nitrogen and oxygen atoms in total. The van der Waals surface area contributed by atoms with Crippen molar-refractivity contribution in [3.63, 3.8) is 0 Å². The van der Waals surface area contributed by atoms with E-state index >= 15 is 0 Å². The van der Waals surface area contributed by atoms with E-state index in [1.807, 2.05) is 24.0 Å². The molecule has 1 atom stereocenters. The standard InChI is InChI=1S/C28H26F3N3O3/c1-4-34(18(3)27(35)36)16-19-9-11-20(12-10-19)25-32-26(37-33-25)21-13-14-23(24(15-21)28(29,30)31)22-8-6-5-7-17(22)2/h5-15,18H,4,16H2,1-3H3,(H,35,36)/t18-/m0/s1. The van der Waals surface area contributed by atoms with Gasteiger partial charge in [-0.3, -0.25) is 9.69 Å². The molecule has 1 N–H and O–H groups in total. The van der Waals surface area contributed by atoms with Gasteiger partial charge < -0.3 is 9.63 Å². The minimum atomic E-state index is -4.57. The van der Waals surface area contributed by atoms with Gasteiger partial charge in [-0.2, -0.15) is 18.2 Å². The number of alkyl halides is 3. The van der Waals surface area contributed by atoms with E-state index in [9.17, 15) is 23.1 Å². The smallest absolute Gasteiger partial charge is 0.417 e. The molecule has 1 heterocycles. The predicted molar refractivity (Wildman–Crippen MR) is 134 cm³/mol. The fourth-order valence-electron chi connectivity index (χ4n) is 4.15. The van der Waals surface area contributed by atoms with Gasteiger partial charge >= 0.3 is 12.1 Å². The number of benzene rings is 3. The Bertz CT molecular complexity index is 1400. The van der Waals surface area contributed by atoms with Gasteiger partial charge in [-0.15, -0.1) is 0 Å². The number of likely N-dealkylation sites (N-methyl/N-ethyl adjacent to an activating group) is 1. The lowest BCUT2D eigenvalue weighted by molar-refractivity contribution is -0.142. The number of nitrogens with zero attached hydrogens (tertiary/aromatic N) is 3. The number of carboxylic acid groups (broad SMARTS) is 1. The third kappa shape index (κ3) is 5.72. The van der Waals surface area contributed by atoms with E-state index in [1.165, 1.54) is 6.07 Å². The van der Waals surface area contributed by atoms with Crippen molar-refractivity contribution in [2.45, 2.75) is 39.5 Å². The van der Waals surface area contributed by atoms with Crippen molar-refractivity contribution in [3.05, 3.63) is 83.4 Å². The lowest BCUT2D eigenvalue weighted by Crippen LogP contribution is -2.38. The number of hydrogen-bond acceptors (Lipinski definition) is 5. The van der Waals surface area contributed by atoms with Gasteiger partial charge in [-0.1, -0.05) is 66.7 Å². The fraction of sp³-hybridized carbons (Fsp3) is 0.250. The van der Waals surface area contributed by atoms with Crippen molar-refractivity contribution in [2.75, 3.05) is 6.54 Å². The van der Waals surface area contributed by atoms with Crippen LogP contribution < -0.4 is 0 Å². The minimum absolute atomic E-state index is 0.0200. The third-order valence-electron chi connectivity index (χ3n) is 6.34. The summed E-state index contributed by atoms with van der Waals surface area (Å²) < 4.78 is 47.2. The Morgan fingerprint density at radius 2 is 1.70 bits per heavy atom. The molecule has 0 fully saturated rings. The molecule has 0 saturated heterocycles. The van der Waals surface area contributed by atoms with Crippen molar-refractivity contribution >= 4 is 5.97 Å². The zero-order valence-electron chi connectivity index (χ0n) is 20.6. The van der Waals surface area contributed by atoms with E-state index < -0.39 is 23.8 Å². The molecule has 0 amide bonds. The van der Waals surface area contributed by atoms with Gasteiger partial charge in [-0.25, -0.2) is 0 Å². The topological polar surface area (TPSA) is 79.5 Å². The molecular formula is C28H26F3N3O3. The summed E-state index contributed by atoms with van der Waals surface area (Å²) in [5.41, 5.74) is 2.25. The van der Waals surface area contributed by atoms with Crippen LogP contribution in [0.5, 0.6) is 0 Å². The van der Waals surface area contributed by atoms with E-state index in [4.69, 9.17) is 4.52 Å². The molecular weight excluding hydrogens is 483 g/mol. The molecule has 0 radical (unpaired) electrons. The fourth-order valence-corrected chi connectivity index (χ4v) is 4.15. The van der Waals surface area contributed by atoms with Crippen LogP contribution >= 0.6 is 0 Å². The van der Waals surface area contributed by atoms with E-state index in [2.05, 4.69) is 10.1 Å². The van der Waals surface area contributed by atoms with Crippen LogP contribution in [-0.2, 0) is 17.5 Å². The maximum absolute atomic E-state index is 14.0. The molecule has 37 heavy (non-hydrogen) atoms. The molecule has 3 aromatic carbocycles. The van der Waals surface area contributed by atoms with Crippen LogP contribution in [0.2, 0.25) is 0 Å². The first kappa shape index (κ1) is 26.1. The van der Waals surface area contributed by atoms with Crippen molar-refractivity contribution in [1.29, 1.82) is 0 Å². The van der Waals surface area contributed by atoms with Crippen LogP contribution in [0, 0.1) is 6.92 Å². The Hall–Kier alpha value is -3.98. The van der Waals surface area contributed by atoms with E-state index in [0.29, 0.717) is 24.2 Å². The Labute approximate surface area is 212 Å². The highest BCUT2D eigenvalue weighted by Gasteiger charge is 2.34. The van der Waals surface area contributed by atoms with Crippen LogP contribution in [0.15, 0.2) is 71.3 Å². The lowest BCUT2D eigenvalue weighted by Gasteiger charge is -2.24. The minimum Gasteiger partial charge on any atom is -0.480 e. The highest BCUT2D eigenvalue weighted by molar-refractivity contribution is 5.75. The number of carbonyl (C=O) groups is 1. The predicted octanol–water partition coefficient (Wildman–Crippen LogP) is 6.69. The Morgan fingerprint density at radius 3 is 2.32 bits per heavy atom. The molecule has 0 aliphatic carbocycles. The molecule has 1 aromatic heterocycles. The lowest BCUT2D eigenvalue weighted by atomic mass is 9.94. The molecule has 0 bridgehead atoms. The van der Waals surface area contributed by atoms with Crippen molar-refractivity contribution in [2.24, 2.45) is 0 Å². The first-order valence-electron chi connectivity index (χ1n) is 11.8. The van der Waals surface area contributed by atoms with Crippen LogP contribution in [0.3, 0.4) is 0 Å². The maximum Gasteiger partial charge on any atom is 0.417 e. The average Bonchev–Trinajstić information content (AvgIpc) is 3.37. The number of aryl methyl sites for hydroxylation is 1. The van der Waals surface area contributed by atoms with Crippen LogP contribution in [0.4, 0.5) is 13.2 Å². The molecule has 0 aliphatic rings. The summed E-state index contributed by atoms with van der Waals surface area (Å²) >= 11 is 0. The average molecular weight is 510 g/mol.